The molecule has 0 aromatic rings. The number of carboxylic acid groups (broad SMARTS) is 1. The van der Waals surface area contributed by atoms with E-state index in [2.05, 4.69) is 19.2 Å². The van der Waals surface area contributed by atoms with Crippen molar-refractivity contribution in [2.24, 2.45) is 11.3 Å². The Morgan fingerprint density at radius 3 is 2.55 bits per heavy atom. The number of rotatable bonds is 5. The molecule has 1 atom stereocenters. The van der Waals surface area contributed by atoms with Crippen LogP contribution in [0.1, 0.15) is 52.4 Å². The number of likely N-dealkylation sites (tertiary alicyclic amines) is 1. The number of aliphatic carboxylic acids is 1. The van der Waals surface area contributed by atoms with Gasteiger partial charge in [0.15, 0.2) is 0 Å². The van der Waals surface area contributed by atoms with Gasteiger partial charge in [0.25, 0.3) is 0 Å². The highest BCUT2D eigenvalue weighted by Crippen LogP contribution is 2.52. The van der Waals surface area contributed by atoms with Crippen LogP contribution in [0.2, 0.25) is 0 Å². The number of nitrogens with zero attached hydrogens (tertiary/aromatic N) is 1. The van der Waals surface area contributed by atoms with Crippen molar-refractivity contribution in [3.8, 4) is 0 Å². The van der Waals surface area contributed by atoms with Crippen LogP contribution in [0.3, 0.4) is 0 Å². The van der Waals surface area contributed by atoms with Gasteiger partial charge in [0.1, 0.15) is 0 Å². The standard InChI is InChI=1S/C15H26N2O3/c1-11(2)13-15(7-3-4-8-15)10-17(13)14(20)16-9-5-6-12(18)19/h11,13H,3-10H2,1-2H3,(H,16,20)(H,18,19). The van der Waals surface area contributed by atoms with E-state index in [-0.39, 0.29) is 12.5 Å². The first-order chi connectivity index (χ1) is 9.46. The zero-order valence-electron chi connectivity index (χ0n) is 12.5. The number of nitrogens with one attached hydrogen (secondary N) is 1. The molecule has 1 saturated heterocycles. The Hall–Kier alpha value is -1.26. The molecule has 0 bridgehead atoms. The topological polar surface area (TPSA) is 69.6 Å². The fourth-order valence-corrected chi connectivity index (χ4v) is 4.08. The number of hydrogen-bond donors (Lipinski definition) is 2. The Labute approximate surface area is 120 Å². The molecular weight excluding hydrogens is 256 g/mol. The molecule has 2 rings (SSSR count). The van der Waals surface area contributed by atoms with Gasteiger partial charge in [-0.25, -0.2) is 4.79 Å². The van der Waals surface area contributed by atoms with Crippen LogP contribution in [0.15, 0.2) is 0 Å². The number of carboxylic acids is 1. The minimum atomic E-state index is -0.812. The maximum atomic E-state index is 12.2. The molecule has 1 aliphatic carbocycles. The molecule has 1 heterocycles. The highest BCUT2D eigenvalue weighted by molar-refractivity contribution is 5.76. The second-order valence-electron chi connectivity index (χ2n) is 6.62. The van der Waals surface area contributed by atoms with Crippen molar-refractivity contribution < 1.29 is 14.7 Å². The van der Waals surface area contributed by atoms with E-state index >= 15 is 0 Å². The van der Waals surface area contributed by atoms with Crippen molar-refractivity contribution in [1.29, 1.82) is 0 Å². The maximum absolute atomic E-state index is 12.2. The lowest BCUT2D eigenvalue weighted by atomic mass is 9.66. The highest BCUT2D eigenvalue weighted by atomic mass is 16.4. The van der Waals surface area contributed by atoms with Crippen LogP contribution >= 0.6 is 0 Å². The van der Waals surface area contributed by atoms with Crippen LogP contribution in [0.25, 0.3) is 0 Å². The van der Waals surface area contributed by atoms with E-state index in [0.717, 1.165) is 6.54 Å². The lowest BCUT2D eigenvalue weighted by molar-refractivity contribution is -0.137. The van der Waals surface area contributed by atoms with Gasteiger partial charge >= 0.3 is 12.0 Å². The van der Waals surface area contributed by atoms with Crippen LogP contribution in [-0.4, -0.2) is 41.1 Å². The average Bonchev–Trinajstić information content (AvgIpc) is 2.81. The predicted octanol–water partition coefficient (Wildman–Crippen LogP) is 2.46. The largest absolute Gasteiger partial charge is 0.481 e. The SMILES string of the molecule is CC(C)C1N(C(=O)NCCCC(=O)O)CC12CCCC2. The Bertz CT molecular complexity index is 375. The lowest BCUT2D eigenvalue weighted by Gasteiger charge is -2.58. The van der Waals surface area contributed by atoms with Gasteiger partial charge in [0.2, 0.25) is 0 Å². The summed E-state index contributed by atoms with van der Waals surface area (Å²) >= 11 is 0. The summed E-state index contributed by atoms with van der Waals surface area (Å²) < 4.78 is 0. The molecule has 114 valence electrons. The molecule has 2 N–H and O–H groups in total. The van der Waals surface area contributed by atoms with Crippen LogP contribution in [0.4, 0.5) is 4.79 Å². The van der Waals surface area contributed by atoms with E-state index in [1.165, 1.54) is 25.7 Å². The van der Waals surface area contributed by atoms with Crippen LogP contribution < -0.4 is 5.32 Å². The lowest BCUT2D eigenvalue weighted by Crippen LogP contribution is -2.68. The number of amides is 2. The first-order valence-electron chi connectivity index (χ1n) is 7.72. The molecule has 20 heavy (non-hydrogen) atoms. The molecule has 1 saturated carbocycles. The van der Waals surface area contributed by atoms with Crippen molar-refractivity contribution >= 4 is 12.0 Å². The van der Waals surface area contributed by atoms with E-state index in [1.54, 1.807) is 0 Å². The number of carbonyl (C=O) groups excluding carboxylic acids is 1. The molecule has 1 spiro atoms. The minimum Gasteiger partial charge on any atom is -0.481 e. The summed E-state index contributed by atoms with van der Waals surface area (Å²) in [7, 11) is 0. The van der Waals surface area contributed by atoms with Gasteiger partial charge in [0, 0.05) is 31.0 Å². The smallest absolute Gasteiger partial charge is 0.317 e. The van der Waals surface area contributed by atoms with Gasteiger partial charge in [-0.3, -0.25) is 4.79 Å². The van der Waals surface area contributed by atoms with Crippen LogP contribution in [-0.2, 0) is 4.79 Å². The molecule has 2 aliphatic rings. The van der Waals surface area contributed by atoms with Crippen molar-refractivity contribution in [1.82, 2.24) is 10.2 Å². The van der Waals surface area contributed by atoms with Crippen molar-refractivity contribution in [2.75, 3.05) is 13.1 Å². The molecule has 2 amide bonds. The van der Waals surface area contributed by atoms with E-state index in [0.29, 0.717) is 30.3 Å². The molecule has 0 aromatic carbocycles. The molecule has 1 aliphatic heterocycles. The Morgan fingerprint density at radius 2 is 2.00 bits per heavy atom. The van der Waals surface area contributed by atoms with Crippen molar-refractivity contribution in [2.45, 2.75) is 58.4 Å². The van der Waals surface area contributed by atoms with Crippen LogP contribution in [0.5, 0.6) is 0 Å². The molecule has 0 aromatic heterocycles. The third-order valence-corrected chi connectivity index (χ3v) is 4.78. The molecule has 2 fully saturated rings. The summed E-state index contributed by atoms with van der Waals surface area (Å²) in [5, 5.41) is 11.4. The van der Waals surface area contributed by atoms with Gasteiger partial charge in [-0.05, 0) is 25.2 Å². The normalized spacial score (nSPS) is 23.9. The number of urea groups is 1. The fraction of sp³-hybridized carbons (Fsp3) is 0.867. The molecule has 5 nitrogen and oxygen atoms in total. The van der Waals surface area contributed by atoms with Gasteiger partial charge in [-0.1, -0.05) is 26.7 Å². The monoisotopic (exact) mass is 282 g/mol. The first-order valence-corrected chi connectivity index (χ1v) is 7.72. The fourth-order valence-electron chi connectivity index (χ4n) is 4.08. The zero-order chi connectivity index (χ0) is 14.8. The average molecular weight is 282 g/mol. The van der Waals surface area contributed by atoms with E-state index < -0.39 is 5.97 Å². The first kappa shape index (κ1) is 15.1. The Kier molecular flexibility index (Phi) is 4.55. The highest BCUT2D eigenvalue weighted by Gasteiger charge is 2.56. The second-order valence-corrected chi connectivity index (χ2v) is 6.62. The van der Waals surface area contributed by atoms with Gasteiger partial charge in [-0.2, -0.15) is 0 Å². The van der Waals surface area contributed by atoms with Gasteiger partial charge in [-0.15, -0.1) is 0 Å². The van der Waals surface area contributed by atoms with Crippen molar-refractivity contribution in [3.05, 3.63) is 0 Å². The van der Waals surface area contributed by atoms with Gasteiger partial charge < -0.3 is 15.3 Å². The van der Waals surface area contributed by atoms with E-state index in [9.17, 15) is 9.59 Å². The van der Waals surface area contributed by atoms with Crippen molar-refractivity contribution in [3.63, 3.8) is 0 Å². The summed E-state index contributed by atoms with van der Waals surface area (Å²) in [6.07, 6.45) is 5.68. The van der Waals surface area contributed by atoms with E-state index in [1.807, 2.05) is 4.90 Å². The van der Waals surface area contributed by atoms with Gasteiger partial charge in [0.05, 0.1) is 0 Å². The van der Waals surface area contributed by atoms with E-state index in [4.69, 9.17) is 5.11 Å². The summed E-state index contributed by atoms with van der Waals surface area (Å²) in [4.78, 5) is 24.6. The Balaban J connectivity index is 1.83. The quantitative estimate of drug-likeness (QED) is 0.761. The molecule has 5 heteroatoms. The summed E-state index contributed by atoms with van der Waals surface area (Å²) in [5.41, 5.74) is 0.368. The third kappa shape index (κ3) is 2.91. The molecule has 0 radical (unpaired) electrons. The third-order valence-electron chi connectivity index (χ3n) is 4.78. The minimum absolute atomic E-state index is 0.0217. The summed E-state index contributed by atoms with van der Waals surface area (Å²) in [6, 6.07) is 0.330. The predicted molar refractivity (Wildman–Crippen MR) is 76.5 cm³/mol. The maximum Gasteiger partial charge on any atom is 0.317 e. The number of carbonyl (C=O) groups is 2. The zero-order valence-corrected chi connectivity index (χ0v) is 12.5. The molecular formula is C15H26N2O3. The Morgan fingerprint density at radius 1 is 1.35 bits per heavy atom. The van der Waals surface area contributed by atoms with Crippen LogP contribution in [0, 0.1) is 11.3 Å². The number of hydrogen-bond acceptors (Lipinski definition) is 2. The second kappa shape index (κ2) is 6.02. The summed E-state index contributed by atoms with van der Waals surface area (Å²) in [6.45, 7) is 5.70. The summed E-state index contributed by atoms with van der Waals surface area (Å²) in [5.74, 6) is -0.334. The molecule has 1 unspecified atom stereocenters.